The number of aryl methyl sites for hydroxylation is 2. The highest BCUT2D eigenvalue weighted by Gasteiger charge is 2.20. The van der Waals surface area contributed by atoms with Crippen LogP contribution in [0.4, 0.5) is 0 Å². The molecule has 0 spiro atoms. The van der Waals surface area contributed by atoms with E-state index >= 15 is 0 Å². The van der Waals surface area contributed by atoms with E-state index in [2.05, 4.69) is 24.3 Å². The van der Waals surface area contributed by atoms with Crippen molar-refractivity contribution in [3.8, 4) is 0 Å². The Kier molecular flexibility index (Phi) is 3.94. The van der Waals surface area contributed by atoms with Crippen LogP contribution in [0.1, 0.15) is 25.0 Å². The van der Waals surface area contributed by atoms with E-state index < -0.39 is 10.1 Å². The Labute approximate surface area is 141 Å². The number of hydrogen-bond acceptors (Lipinski definition) is 2. The highest BCUT2D eigenvalue weighted by Crippen LogP contribution is 2.29. The van der Waals surface area contributed by atoms with E-state index in [1.54, 1.807) is 6.07 Å². The van der Waals surface area contributed by atoms with Crippen molar-refractivity contribution in [2.45, 2.75) is 25.7 Å². The van der Waals surface area contributed by atoms with Crippen molar-refractivity contribution in [1.82, 2.24) is 0 Å². The average Bonchev–Trinajstić information content (AvgIpc) is 2.49. The van der Waals surface area contributed by atoms with E-state index in [1.165, 1.54) is 12.1 Å². The van der Waals surface area contributed by atoms with Gasteiger partial charge in [-0.05, 0) is 44.5 Å². The molecule has 0 fully saturated rings. The van der Waals surface area contributed by atoms with Crippen molar-refractivity contribution < 1.29 is 17.5 Å². The highest BCUT2D eigenvalue weighted by molar-refractivity contribution is 7.85. The van der Waals surface area contributed by atoms with Gasteiger partial charge in [0.15, 0.2) is 0 Å². The second-order valence-electron chi connectivity index (χ2n) is 6.37. The topological polar surface area (TPSA) is 58.2 Å². The largest absolute Gasteiger partial charge is 0.294 e. The lowest BCUT2D eigenvalue weighted by molar-refractivity contribution is -0.617. The Balaban J connectivity index is 2.57. The van der Waals surface area contributed by atoms with Crippen LogP contribution in [0.2, 0.25) is 0 Å². The molecular weight excluding hydrogens is 322 g/mol. The number of nitrogens with zero attached hydrogens (tertiary/aromatic N) is 1. The first kappa shape index (κ1) is 16.6. The minimum atomic E-state index is -4.24. The predicted octanol–water partition coefficient (Wildman–Crippen LogP) is 3.80. The number of rotatable bonds is 2. The summed E-state index contributed by atoms with van der Waals surface area (Å²) in [4.78, 5) is -0.0965. The van der Waals surface area contributed by atoms with E-state index in [-0.39, 0.29) is 4.90 Å². The smallest absolute Gasteiger partial charge is 0.282 e. The fraction of sp³-hybridized carbons (Fsp3) is 0.211. The Morgan fingerprint density at radius 1 is 1.04 bits per heavy atom. The summed E-state index contributed by atoms with van der Waals surface area (Å²) in [5, 5.41) is 2.05. The summed E-state index contributed by atoms with van der Waals surface area (Å²) in [7, 11) is -2.33. The van der Waals surface area contributed by atoms with E-state index in [1.807, 2.05) is 32.4 Å². The first-order valence-corrected chi connectivity index (χ1v) is 9.11. The fourth-order valence-electron chi connectivity index (χ4n) is 3.04. The zero-order valence-electron chi connectivity index (χ0n) is 14.2. The summed E-state index contributed by atoms with van der Waals surface area (Å²) >= 11 is 0. The number of fused-ring (bicyclic) bond motifs is 2. The summed E-state index contributed by atoms with van der Waals surface area (Å²) < 4.78 is 34.3. The number of hydrogen-bond donors (Lipinski definition) is 1. The van der Waals surface area contributed by atoms with Gasteiger partial charge in [-0.2, -0.15) is 13.0 Å². The van der Waals surface area contributed by atoms with Crippen molar-refractivity contribution in [1.29, 1.82) is 0 Å². The molecule has 0 amide bonds. The molecule has 3 rings (SSSR count). The molecule has 1 N–H and O–H groups in total. The third kappa shape index (κ3) is 2.81. The van der Waals surface area contributed by atoms with E-state index in [4.69, 9.17) is 0 Å². The Morgan fingerprint density at radius 3 is 2.21 bits per heavy atom. The zero-order valence-corrected chi connectivity index (χ0v) is 15.0. The molecule has 0 aliphatic heterocycles. The first-order chi connectivity index (χ1) is 11.2. The summed E-state index contributed by atoms with van der Waals surface area (Å²) in [6, 6.07) is 11.0. The molecule has 0 atom stereocenters. The minimum absolute atomic E-state index is 0.0965. The number of pyridine rings is 1. The Morgan fingerprint density at radius 2 is 1.62 bits per heavy atom. The molecule has 0 saturated carbocycles. The van der Waals surface area contributed by atoms with Crippen LogP contribution in [0, 0.1) is 6.92 Å². The van der Waals surface area contributed by atoms with Gasteiger partial charge in [-0.1, -0.05) is 17.7 Å². The molecule has 2 aromatic carbocycles. The van der Waals surface area contributed by atoms with Crippen molar-refractivity contribution in [2.75, 3.05) is 0 Å². The molecule has 4 nitrogen and oxygen atoms in total. The lowest BCUT2D eigenvalue weighted by Gasteiger charge is -2.09. The van der Waals surface area contributed by atoms with Crippen LogP contribution in [0.3, 0.4) is 0 Å². The van der Waals surface area contributed by atoms with Gasteiger partial charge in [0.25, 0.3) is 10.1 Å². The van der Waals surface area contributed by atoms with Crippen LogP contribution in [-0.2, 0) is 17.2 Å². The predicted molar refractivity (Wildman–Crippen MR) is 96.5 cm³/mol. The van der Waals surface area contributed by atoms with Gasteiger partial charge in [0.05, 0.1) is 10.8 Å². The maximum absolute atomic E-state index is 11.5. The van der Waals surface area contributed by atoms with Crippen LogP contribution in [0.15, 0.2) is 46.9 Å². The highest BCUT2D eigenvalue weighted by atomic mass is 32.2. The van der Waals surface area contributed by atoms with Gasteiger partial charge in [-0.3, -0.25) is 4.55 Å². The Bertz CT molecular complexity index is 1110. The molecular formula is C19H20NO3S+. The molecule has 24 heavy (non-hydrogen) atoms. The molecule has 1 aromatic heterocycles. The zero-order chi connectivity index (χ0) is 17.6. The third-order valence-corrected chi connectivity index (χ3v) is 5.01. The van der Waals surface area contributed by atoms with Crippen LogP contribution in [0.25, 0.3) is 27.9 Å². The van der Waals surface area contributed by atoms with Gasteiger partial charge in [0.2, 0.25) is 11.0 Å². The molecule has 5 heteroatoms. The maximum Gasteiger partial charge on any atom is 0.294 e. The standard InChI is InChI=1S/C19H19NO3S/c1-12(2)9-17-15-7-5-13(3)10-18(15)20(4)19-11-14(24(21,22)23)6-8-16(17)19/h5-11H,1-4H3/p+1. The molecule has 0 bridgehead atoms. The number of allylic oxidation sites excluding steroid dienone is 1. The normalized spacial score (nSPS) is 11.9. The van der Waals surface area contributed by atoms with Gasteiger partial charge in [0.1, 0.15) is 11.9 Å². The molecule has 0 saturated heterocycles. The fourth-order valence-corrected chi connectivity index (χ4v) is 3.54. The molecule has 1 heterocycles. The second-order valence-corrected chi connectivity index (χ2v) is 7.79. The molecule has 0 aliphatic carbocycles. The van der Waals surface area contributed by atoms with Gasteiger partial charge in [-0.15, -0.1) is 0 Å². The van der Waals surface area contributed by atoms with Crippen molar-refractivity contribution in [2.24, 2.45) is 7.05 Å². The summed E-state index contributed by atoms with van der Waals surface area (Å²) in [5.74, 6) is 0. The van der Waals surface area contributed by atoms with Gasteiger partial charge >= 0.3 is 0 Å². The van der Waals surface area contributed by atoms with E-state index in [0.29, 0.717) is 0 Å². The van der Waals surface area contributed by atoms with Crippen molar-refractivity contribution >= 4 is 38.0 Å². The van der Waals surface area contributed by atoms with Gasteiger partial charge in [-0.25, -0.2) is 0 Å². The average molecular weight is 342 g/mol. The second kappa shape index (κ2) is 5.69. The molecule has 0 unspecified atom stereocenters. The summed E-state index contributed by atoms with van der Waals surface area (Å²) in [6.45, 7) is 6.09. The molecule has 0 aliphatic rings. The molecule has 124 valence electrons. The number of benzene rings is 2. The lowest BCUT2D eigenvalue weighted by atomic mass is 9.99. The Hall–Kier alpha value is -2.24. The monoisotopic (exact) mass is 342 g/mol. The first-order valence-electron chi connectivity index (χ1n) is 7.67. The van der Waals surface area contributed by atoms with Crippen LogP contribution in [0.5, 0.6) is 0 Å². The number of aromatic nitrogens is 1. The third-order valence-electron chi connectivity index (χ3n) is 4.16. The van der Waals surface area contributed by atoms with E-state index in [9.17, 15) is 13.0 Å². The quantitative estimate of drug-likeness (QED) is 0.438. The minimum Gasteiger partial charge on any atom is -0.282 e. The summed E-state index contributed by atoms with van der Waals surface area (Å²) in [5.41, 5.74) is 5.12. The van der Waals surface area contributed by atoms with Crippen molar-refractivity contribution in [3.63, 3.8) is 0 Å². The van der Waals surface area contributed by atoms with Crippen LogP contribution < -0.4 is 4.57 Å². The molecule has 3 aromatic rings. The van der Waals surface area contributed by atoms with Gasteiger partial charge < -0.3 is 0 Å². The van der Waals surface area contributed by atoms with Crippen LogP contribution >= 0.6 is 0 Å². The maximum atomic E-state index is 11.5. The summed E-state index contributed by atoms with van der Waals surface area (Å²) in [6.07, 6.45) is 2.10. The van der Waals surface area contributed by atoms with Crippen molar-refractivity contribution in [3.05, 3.63) is 53.1 Å². The van der Waals surface area contributed by atoms with Crippen LogP contribution in [-0.4, -0.2) is 13.0 Å². The van der Waals surface area contributed by atoms with Gasteiger partial charge in [0, 0.05) is 17.7 Å². The lowest BCUT2D eigenvalue weighted by Crippen LogP contribution is -2.30. The molecule has 0 radical (unpaired) electrons. The SMILES string of the molecule is CC(C)=Cc1c2ccc(C)cc2[n+](C)c2cc(S(=O)(=O)O)ccc12. The van der Waals surface area contributed by atoms with E-state index in [0.717, 1.165) is 38.5 Å².